The van der Waals surface area contributed by atoms with Crippen molar-refractivity contribution in [1.82, 2.24) is 10.3 Å². The molecule has 0 saturated heterocycles. The molecule has 0 atom stereocenters. The van der Waals surface area contributed by atoms with Gasteiger partial charge in [0.1, 0.15) is 11.4 Å². The monoisotopic (exact) mass is 318 g/mol. The van der Waals surface area contributed by atoms with Crippen LogP contribution in [-0.2, 0) is 6.42 Å². The van der Waals surface area contributed by atoms with E-state index >= 15 is 0 Å². The number of rotatable bonds is 5. The number of nitrogens with zero attached hydrogens (tertiary/aromatic N) is 1. The number of amides is 1. The molecular formula is C20H18N2O2. The van der Waals surface area contributed by atoms with Crippen LogP contribution in [0, 0.1) is 0 Å². The minimum atomic E-state index is -0.187. The summed E-state index contributed by atoms with van der Waals surface area (Å²) in [4.78, 5) is 16.4. The van der Waals surface area contributed by atoms with Gasteiger partial charge in [0, 0.05) is 18.3 Å². The van der Waals surface area contributed by atoms with Crippen molar-refractivity contribution in [3.05, 3.63) is 84.2 Å². The molecule has 0 aliphatic heterocycles. The number of carbonyl (C=O) groups excluding carboxylic acids is 1. The molecule has 120 valence electrons. The fraction of sp³-hybridized carbons (Fsp3) is 0.100. The topological polar surface area (TPSA) is 62.2 Å². The molecule has 3 rings (SSSR count). The molecule has 4 nitrogen and oxygen atoms in total. The second-order valence-electron chi connectivity index (χ2n) is 5.47. The summed E-state index contributed by atoms with van der Waals surface area (Å²) in [5.41, 5.74) is 3.52. The van der Waals surface area contributed by atoms with Gasteiger partial charge >= 0.3 is 0 Å². The highest BCUT2D eigenvalue weighted by molar-refractivity contribution is 5.92. The summed E-state index contributed by atoms with van der Waals surface area (Å²) in [7, 11) is 0. The largest absolute Gasteiger partial charge is 0.508 e. The van der Waals surface area contributed by atoms with Crippen molar-refractivity contribution in [2.75, 3.05) is 6.54 Å². The lowest BCUT2D eigenvalue weighted by atomic mass is 10.1. The number of aromatic hydroxyl groups is 1. The predicted molar refractivity (Wildman–Crippen MR) is 93.8 cm³/mol. The van der Waals surface area contributed by atoms with Crippen molar-refractivity contribution < 1.29 is 9.90 Å². The minimum absolute atomic E-state index is 0.187. The normalized spacial score (nSPS) is 10.3. The Morgan fingerprint density at radius 3 is 2.33 bits per heavy atom. The van der Waals surface area contributed by atoms with E-state index in [0.29, 0.717) is 18.7 Å². The molecule has 0 aliphatic carbocycles. The number of phenols is 1. The van der Waals surface area contributed by atoms with Crippen LogP contribution in [0.1, 0.15) is 16.1 Å². The van der Waals surface area contributed by atoms with Crippen molar-refractivity contribution in [3.63, 3.8) is 0 Å². The van der Waals surface area contributed by atoms with E-state index in [1.54, 1.807) is 24.4 Å². The third-order valence-corrected chi connectivity index (χ3v) is 3.74. The van der Waals surface area contributed by atoms with Gasteiger partial charge in [0.25, 0.3) is 5.91 Å². The van der Waals surface area contributed by atoms with Gasteiger partial charge in [-0.15, -0.1) is 0 Å². The van der Waals surface area contributed by atoms with Crippen LogP contribution in [0.3, 0.4) is 0 Å². The van der Waals surface area contributed by atoms with Gasteiger partial charge in [0.15, 0.2) is 0 Å². The van der Waals surface area contributed by atoms with E-state index in [4.69, 9.17) is 0 Å². The predicted octanol–water partition coefficient (Wildman–Crippen LogP) is 3.43. The van der Waals surface area contributed by atoms with E-state index in [0.717, 1.165) is 16.7 Å². The summed E-state index contributed by atoms with van der Waals surface area (Å²) in [5.74, 6) is 0.0545. The van der Waals surface area contributed by atoms with Crippen LogP contribution in [-0.4, -0.2) is 22.5 Å². The highest BCUT2D eigenvalue weighted by Gasteiger charge is 2.07. The van der Waals surface area contributed by atoms with E-state index in [1.165, 1.54) is 0 Å². The molecule has 0 fully saturated rings. The lowest BCUT2D eigenvalue weighted by Crippen LogP contribution is -2.26. The standard InChI is InChI=1S/C20H18N2O2/c23-18-9-6-15(7-10-18)12-13-21-20(24)19-11-8-17(14-22-19)16-4-2-1-3-5-16/h1-11,14,23H,12-13H2,(H,21,24). The van der Waals surface area contributed by atoms with E-state index in [1.807, 2.05) is 48.5 Å². The van der Waals surface area contributed by atoms with Crippen molar-refractivity contribution in [2.24, 2.45) is 0 Å². The Labute approximate surface area is 140 Å². The van der Waals surface area contributed by atoms with Gasteiger partial charge in [-0.05, 0) is 35.7 Å². The smallest absolute Gasteiger partial charge is 0.269 e. The van der Waals surface area contributed by atoms with Crippen molar-refractivity contribution in [1.29, 1.82) is 0 Å². The third kappa shape index (κ3) is 3.98. The summed E-state index contributed by atoms with van der Waals surface area (Å²) in [6, 6.07) is 20.5. The van der Waals surface area contributed by atoms with Crippen LogP contribution < -0.4 is 5.32 Å². The molecular weight excluding hydrogens is 300 g/mol. The van der Waals surface area contributed by atoms with Gasteiger partial charge in [0.2, 0.25) is 0 Å². The molecule has 2 N–H and O–H groups in total. The number of nitrogens with one attached hydrogen (secondary N) is 1. The first-order chi connectivity index (χ1) is 11.7. The second kappa shape index (κ2) is 7.42. The second-order valence-corrected chi connectivity index (χ2v) is 5.47. The maximum atomic E-state index is 12.1. The zero-order valence-electron chi connectivity index (χ0n) is 13.1. The third-order valence-electron chi connectivity index (χ3n) is 3.74. The lowest BCUT2D eigenvalue weighted by Gasteiger charge is -2.06. The molecule has 0 radical (unpaired) electrons. The van der Waals surface area contributed by atoms with E-state index < -0.39 is 0 Å². The first-order valence-corrected chi connectivity index (χ1v) is 7.80. The fourth-order valence-electron chi connectivity index (χ4n) is 2.40. The van der Waals surface area contributed by atoms with Gasteiger partial charge in [-0.25, -0.2) is 0 Å². The van der Waals surface area contributed by atoms with Crippen LogP contribution in [0.25, 0.3) is 11.1 Å². The zero-order valence-corrected chi connectivity index (χ0v) is 13.1. The number of hydrogen-bond donors (Lipinski definition) is 2. The van der Waals surface area contributed by atoms with Gasteiger partial charge in [0.05, 0.1) is 0 Å². The molecule has 0 saturated carbocycles. The van der Waals surface area contributed by atoms with Gasteiger partial charge < -0.3 is 10.4 Å². The minimum Gasteiger partial charge on any atom is -0.508 e. The summed E-state index contributed by atoms with van der Waals surface area (Å²) < 4.78 is 0. The number of benzene rings is 2. The molecule has 2 aromatic carbocycles. The first kappa shape index (κ1) is 15.7. The van der Waals surface area contributed by atoms with Gasteiger partial charge in [-0.2, -0.15) is 0 Å². The Morgan fingerprint density at radius 2 is 1.67 bits per heavy atom. The number of pyridine rings is 1. The van der Waals surface area contributed by atoms with E-state index in [-0.39, 0.29) is 11.7 Å². The molecule has 0 spiro atoms. The molecule has 3 aromatic rings. The summed E-state index contributed by atoms with van der Waals surface area (Å²) in [6.45, 7) is 0.520. The average molecular weight is 318 g/mol. The van der Waals surface area contributed by atoms with Crippen molar-refractivity contribution in [2.45, 2.75) is 6.42 Å². The van der Waals surface area contributed by atoms with Crippen LogP contribution in [0.2, 0.25) is 0 Å². The average Bonchev–Trinajstić information content (AvgIpc) is 2.64. The van der Waals surface area contributed by atoms with Crippen molar-refractivity contribution in [3.8, 4) is 16.9 Å². The first-order valence-electron chi connectivity index (χ1n) is 7.80. The number of aromatic nitrogens is 1. The molecule has 0 bridgehead atoms. The Bertz CT molecular complexity index is 797. The molecule has 4 heteroatoms. The molecule has 1 heterocycles. The highest BCUT2D eigenvalue weighted by Crippen LogP contribution is 2.17. The lowest BCUT2D eigenvalue weighted by molar-refractivity contribution is 0.0949. The van der Waals surface area contributed by atoms with Crippen LogP contribution in [0.5, 0.6) is 5.75 Å². The summed E-state index contributed by atoms with van der Waals surface area (Å²) in [6.07, 6.45) is 2.42. The van der Waals surface area contributed by atoms with Crippen LogP contribution >= 0.6 is 0 Å². The Hall–Kier alpha value is -3.14. The SMILES string of the molecule is O=C(NCCc1ccc(O)cc1)c1ccc(-c2ccccc2)cn1. The number of carbonyl (C=O) groups is 1. The summed E-state index contributed by atoms with van der Waals surface area (Å²) in [5, 5.41) is 12.1. The maximum Gasteiger partial charge on any atom is 0.269 e. The van der Waals surface area contributed by atoms with Gasteiger partial charge in [-0.1, -0.05) is 48.5 Å². The molecule has 1 aromatic heterocycles. The Morgan fingerprint density at radius 1 is 0.917 bits per heavy atom. The quantitative estimate of drug-likeness (QED) is 0.757. The van der Waals surface area contributed by atoms with Crippen LogP contribution in [0.15, 0.2) is 72.9 Å². The van der Waals surface area contributed by atoms with E-state index in [2.05, 4.69) is 10.3 Å². The fourth-order valence-corrected chi connectivity index (χ4v) is 2.40. The highest BCUT2D eigenvalue weighted by atomic mass is 16.3. The van der Waals surface area contributed by atoms with Gasteiger partial charge in [-0.3, -0.25) is 9.78 Å². The van der Waals surface area contributed by atoms with E-state index in [9.17, 15) is 9.90 Å². The molecule has 1 amide bonds. The Balaban J connectivity index is 1.56. The van der Waals surface area contributed by atoms with Crippen molar-refractivity contribution >= 4 is 5.91 Å². The Kier molecular flexibility index (Phi) is 4.87. The number of phenolic OH excluding ortho intramolecular Hbond substituents is 1. The molecule has 0 unspecified atom stereocenters. The maximum absolute atomic E-state index is 12.1. The summed E-state index contributed by atoms with van der Waals surface area (Å²) >= 11 is 0. The number of hydrogen-bond acceptors (Lipinski definition) is 3. The zero-order chi connectivity index (χ0) is 16.8. The molecule has 0 aliphatic rings. The van der Waals surface area contributed by atoms with Crippen LogP contribution in [0.4, 0.5) is 0 Å². The molecule has 24 heavy (non-hydrogen) atoms.